The van der Waals surface area contributed by atoms with Crippen LogP contribution in [0.1, 0.15) is 43.7 Å². The predicted molar refractivity (Wildman–Crippen MR) is 84.1 cm³/mol. The van der Waals surface area contributed by atoms with Crippen molar-refractivity contribution in [2.24, 2.45) is 11.7 Å². The fourth-order valence-corrected chi connectivity index (χ4v) is 2.19. The quantitative estimate of drug-likeness (QED) is 0.773. The van der Waals surface area contributed by atoms with Crippen molar-refractivity contribution in [3.8, 4) is 5.75 Å². The van der Waals surface area contributed by atoms with E-state index >= 15 is 0 Å². The highest BCUT2D eigenvalue weighted by Crippen LogP contribution is 2.30. The molecule has 0 bridgehead atoms. The number of hydrogen-bond donors (Lipinski definition) is 2. The molecule has 1 aliphatic rings. The molecule has 0 aliphatic heterocycles. The van der Waals surface area contributed by atoms with E-state index in [1.54, 1.807) is 0 Å². The molecule has 0 heterocycles. The van der Waals surface area contributed by atoms with E-state index < -0.39 is 6.04 Å². The van der Waals surface area contributed by atoms with Crippen LogP contribution in [0.5, 0.6) is 5.75 Å². The molecular formula is C17H26N2O2. The van der Waals surface area contributed by atoms with Crippen molar-refractivity contribution >= 4 is 5.91 Å². The highest BCUT2D eigenvalue weighted by Gasteiger charge is 2.22. The maximum absolute atomic E-state index is 11.9. The fraction of sp³-hybridized carbons (Fsp3) is 0.588. The van der Waals surface area contributed by atoms with Crippen LogP contribution in [0, 0.1) is 12.8 Å². The van der Waals surface area contributed by atoms with Crippen LogP contribution in [-0.2, 0) is 11.3 Å². The van der Waals surface area contributed by atoms with Crippen molar-refractivity contribution in [3.05, 3.63) is 29.3 Å². The molecule has 2 rings (SSSR count). The van der Waals surface area contributed by atoms with Gasteiger partial charge < -0.3 is 15.8 Å². The van der Waals surface area contributed by atoms with Gasteiger partial charge in [-0.15, -0.1) is 0 Å². The number of nitrogens with two attached hydrogens (primary N) is 1. The first kappa shape index (κ1) is 15.8. The van der Waals surface area contributed by atoms with Crippen LogP contribution in [-0.4, -0.2) is 18.6 Å². The Morgan fingerprint density at radius 3 is 2.90 bits per heavy atom. The van der Waals surface area contributed by atoms with Gasteiger partial charge in [-0.3, -0.25) is 4.79 Å². The predicted octanol–water partition coefficient (Wildman–Crippen LogP) is 2.53. The summed E-state index contributed by atoms with van der Waals surface area (Å²) in [4.78, 5) is 11.9. The largest absolute Gasteiger partial charge is 0.493 e. The van der Waals surface area contributed by atoms with Gasteiger partial charge in [-0.2, -0.15) is 0 Å². The number of nitrogens with one attached hydrogen (secondary N) is 1. The molecular weight excluding hydrogens is 264 g/mol. The first-order valence-corrected chi connectivity index (χ1v) is 7.85. The van der Waals surface area contributed by atoms with E-state index in [2.05, 4.69) is 5.32 Å². The number of carbonyl (C=O) groups is 1. The van der Waals surface area contributed by atoms with E-state index in [0.29, 0.717) is 18.9 Å². The normalized spacial score (nSPS) is 15.6. The average Bonchev–Trinajstić information content (AvgIpc) is 3.28. The fourth-order valence-electron chi connectivity index (χ4n) is 2.19. The minimum Gasteiger partial charge on any atom is -0.493 e. The summed E-state index contributed by atoms with van der Waals surface area (Å²) < 4.78 is 5.90. The number of carbonyl (C=O) groups excluding carboxylic acids is 1. The molecule has 0 saturated heterocycles. The Kier molecular flexibility index (Phi) is 5.62. The zero-order valence-electron chi connectivity index (χ0n) is 13.0. The molecule has 0 spiro atoms. The average molecular weight is 290 g/mol. The summed E-state index contributed by atoms with van der Waals surface area (Å²) in [5.41, 5.74) is 8.00. The molecule has 1 amide bonds. The molecule has 1 saturated carbocycles. The number of rotatable bonds is 8. The van der Waals surface area contributed by atoms with Crippen LogP contribution in [0.4, 0.5) is 0 Å². The van der Waals surface area contributed by atoms with Gasteiger partial charge in [-0.1, -0.05) is 25.5 Å². The molecule has 1 aromatic carbocycles. The molecule has 0 aromatic heterocycles. The Hall–Kier alpha value is -1.55. The van der Waals surface area contributed by atoms with Crippen LogP contribution in [0.3, 0.4) is 0 Å². The van der Waals surface area contributed by atoms with Crippen molar-refractivity contribution < 1.29 is 9.53 Å². The summed E-state index contributed by atoms with van der Waals surface area (Å²) in [7, 11) is 0. The minimum atomic E-state index is -0.420. The smallest absolute Gasteiger partial charge is 0.237 e. The topological polar surface area (TPSA) is 64.4 Å². The monoisotopic (exact) mass is 290 g/mol. The highest BCUT2D eigenvalue weighted by molar-refractivity contribution is 5.81. The molecule has 1 unspecified atom stereocenters. The van der Waals surface area contributed by atoms with Crippen LogP contribution in [0.15, 0.2) is 18.2 Å². The number of ether oxygens (including phenoxy) is 1. The summed E-state index contributed by atoms with van der Waals surface area (Å²) >= 11 is 0. The van der Waals surface area contributed by atoms with Gasteiger partial charge in [0.25, 0.3) is 0 Å². The second kappa shape index (κ2) is 7.46. The van der Waals surface area contributed by atoms with Gasteiger partial charge in [0.05, 0.1) is 12.6 Å². The van der Waals surface area contributed by atoms with Gasteiger partial charge in [0.1, 0.15) is 5.75 Å². The second-order valence-electron chi connectivity index (χ2n) is 5.98. The van der Waals surface area contributed by atoms with Crippen LogP contribution in [0.25, 0.3) is 0 Å². The molecule has 116 valence electrons. The third kappa shape index (κ3) is 5.05. The summed E-state index contributed by atoms with van der Waals surface area (Å²) in [5.74, 6) is 1.50. The van der Waals surface area contributed by atoms with E-state index in [0.717, 1.165) is 24.3 Å². The Balaban J connectivity index is 1.92. The number of amides is 1. The second-order valence-corrected chi connectivity index (χ2v) is 5.98. The summed E-state index contributed by atoms with van der Waals surface area (Å²) in [6.45, 7) is 5.32. The SMILES string of the molecule is CCCC(N)C(=O)NCc1ccc(C)cc1OCC1CC1. The lowest BCUT2D eigenvalue weighted by molar-refractivity contribution is -0.122. The molecule has 1 aliphatic carbocycles. The van der Waals surface area contributed by atoms with E-state index in [1.807, 2.05) is 32.0 Å². The first-order valence-electron chi connectivity index (χ1n) is 7.85. The van der Waals surface area contributed by atoms with Gasteiger partial charge in [0.15, 0.2) is 0 Å². The lowest BCUT2D eigenvalue weighted by atomic mass is 10.1. The third-order valence-corrected chi connectivity index (χ3v) is 3.78. The lowest BCUT2D eigenvalue weighted by Crippen LogP contribution is -2.40. The van der Waals surface area contributed by atoms with Crippen LogP contribution in [0.2, 0.25) is 0 Å². The van der Waals surface area contributed by atoms with E-state index in [-0.39, 0.29) is 5.91 Å². The summed E-state index contributed by atoms with van der Waals surface area (Å²) in [5, 5.41) is 2.90. The summed E-state index contributed by atoms with van der Waals surface area (Å²) in [6, 6.07) is 5.67. The lowest BCUT2D eigenvalue weighted by Gasteiger charge is -2.15. The van der Waals surface area contributed by atoms with E-state index in [1.165, 1.54) is 18.4 Å². The van der Waals surface area contributed by atoms with Gasteiger partial charge in [-0.25, -0.2) is 0 Å². The van der Waals surface area contributed by atoms with Crippen molar-refractivity contribution in [1.29, 1.82) is 0 Å². The van der Waals surface area contributed by atoms with E-state index in [4.69, 9.17) is 10.5 Å². The Labute approximate surface area is 127 Å². The summed E-state index contributed by atoms with van der Waals surface area (Å²) in [6.07, 6.45) is 4.16. The van der Waals surface area contributed by atoms with Gasteiger partial charge >= 0.3 is 0 Å². The van der Waals surface area contributed by atoms with Crippen molar-refractivity contribution in [1.82, 2.24) is 5.32 Å². The van der Waals surface area contributed by atoms with Gasteiger partial charge in [0, 0.05) is 12.1 Å². The van der Waals surface area contributed by atoms with Crippen molar-refractivity contribution in [2.75, 3.05) is 6.61 Å². The third-order valence-electron chi connectivity index (χ3n) is 3.78. The molecule has 4 nitrogen and oxygen atoms in total. The van der Waals surface area contributed by atoms with Crippen LogP contribution >= 0.6 is 0 Å². The molecule has 1 atom stereocenters. The number of benzene rings is 1. The molecule has 0 radical (unpaired) electrons. The van der Waals surface area contributed by atoms with Crippen LogP contribution < -0.4 is 15.8 Å². The van der Waals surface area contributed by atoms with Gasteiger partial charge in [-0.05, 0) is 43.7 Å². The maximum atomic E-state index is 11.9. The Morgan fingerprint density at radius 2 is 2.24 bits per heavy atom. The van der Waals surface area contributed by atoms with Crippen molar-refractivity contribution in [3.63, 3.8) is 0 Å². The molecule has 1 aromatic rings. The Morgan fingerprint density at radius 1 is 1.48 bits per heavy atom. The minimum absolute atomic E-state index is 0.0921. The zero-order chi connectivity index (χ0) is 15.2. The highest BCUT2D eigenvalue weighted by atomic mass is 16.5. The molecule has 21 heavy (non-hydrogen) atoms. The standard InChI is InChI=1S/C17H26N2O2/c1-3-4-15(18)17(20)19-10-14-8-5-12(2)9-16(14)21-11-13-6-7-13/h5,8-9,13,15H,3-4,6-7,10-11,18H2,1-2H3,(H,19,20). The first-order chi connectivity index (χ1) is 10.1. The van der Waals surface area contributed by atoms with E-state index in [9.17, 15) is 4.79 Å². The number of hydrogen-bond acceptors (Lipinski definition) is 3. The molecule has 4 heteroatoms. The van der Waals surface area contributed by atoms with Gasteiger partial charge in [0.2, 0.25) is 5.91 Å². The molecule has 1 fully saturated rings. The number of aryl methyl sites for hydroxylation is 1. The Bertz CT molecular complexity index is 484. The molecule has 3 N–H and O–H groups in total. The van der Waals surface area contributed by atoms with Crippen molar-refractivity contribution in [2.45, 2.75) is 52.1 Å². The zero-order valence-corrected chi connectivity index (χ0v) is 13.0. The maximum Gasteiger partial charge on any atom is 0.237 e.